The molecule has 11 heavy (non-hydrogen) atoms. The van der Waals surface area contributed by atoms with Gasteiger partial charge in [0.1, 0.15) is 0 Å². The van der Waals surface area contributed by atoms with Gasteiger partial charge in [-0.2, -0.15) is 0 Å². The number of hydrogen-bond acceptors (Lipinski definition) is 0. The second-order valence-electron chi connectivity index (χ2n) is 4.77. The molecule has 2 rings (SSSR count). The molecule has 0 radical (unpaired) electrons. The highest BCUT2D eigenvalue weighted by molar-refractivity contribution is 5.02. The molecule has 2 aliphatic carbocycles. The second-order valence-corrected chi connectivity index (χ2v) is 4.77. The zero-order valence-corrected chi connectivity index (χ0v) is 7.90. The largest absolute Gasteiger partial charge is 0.0654 e. The normalized spacial score (nSPS) is 39.8. The molecule has 0 spiro atoms. The van der Waals surface area contributed by atoms with Crippen LogP contribution >= 0.6 is 0 Å². The lowest BCUT2D eigenvalue weighted by atomic mass is 9.65. The highest BCUT2D eigenvalue weighted by Gasteiger charge is 2.52. The van der Waals surface area contributed by atoms with Crippen LogP contribution in [0.1, 0.15) is 52.4 Å². The van der Waals surface area contributed by atoms with Crippen molar-refractivity contribution in [3.63, 3.8) is 0 Å². The molecule has 2 saturated carbocycles. The van der Waals surface area contributed by atoms with Crippen molar-refractivity contribution < 1.29 is 0 Å². The van der Waals surface area contributed by atoms with Crippen LogP contribution in [0.2, 0.25) is 0 Å². The monoisotopic (exact) mass is 152 g/mol. The van der Waals surface area contributed by atoms with Crippen LogP contribution in [0.4, 0.5) is 0 Å². The van der Waals surface area contributed by atoms with Gasteiger partial charge in [-0.15, -0.1) is 0 Å². The maximum Gasteiger partial charge on any atom is -0.0266 e. The summed E-state index contributed by atoms with van der Waals surface area (Å²) in [5, 5.41) is 0. The Morgan fingerprint density at radius 1 is 1.27 bits per heavy atom. The van der Waals surface area contributed by atoms with E-state index in [4.69, 9.17) is 0 Å². The van der Waals surface area contributed by atoms with E-state index in [-0.39, 0.29) is 0 Å². The molecule has 0 amide bonds. The van der Waals surface area contributed by atoms with E-state index < -0.39 is 0 Å². The van der Waals surface area contributed by atoms with Crippen LogP contribution in [0, 0.1) is 17.3 Å². The van der Waals surface area contributed by atoms with Crippen LogP contribution in [0.15, 0.2) is 0 Å². The van der Waals surface area contributed by atoms with Crippen LogP contribution in [0.5, 0.6) is 0 Å². The Labute approximate surface area is 70.4 Å². The zero-order valence-electron chi connectivity index (χ0n) is 7.90. The molecule has 0 N–H and O–H groups in total. The van der Waals surface area contributed by atoms with Crippen molar-refractivity contribution >= 4 is 0 Å². The summed E-state index contributed by atoms with van der Waals surface area (Å²) >= 11 is 0. The van der Waals surface area contributed by atoms with Crippen molar-refractivity contribution in [2.45, 2.75) is 52.4 Å². The number of rotatable bonds is 3. The second kappa shape index (κ2) is 2.50. The van der Waals surface area contributed by atoms with E-state index >= 15 is 0 Å². The first-order valence-electron chi connectivity index (χ1n) is 5.28. The number of hydrogen-bond donors (Lipinski definition) is 0. The van der Waals surface area contributed by atoms with Crippen LogP contribution in [0.3, 0.4) is 0 Å². The van der Waals surface area contributed by atoms with E-state index in [1.165, 1.54) is 19.3 Å². The van der Waals surface area contributed by atoms with Gasteiger partial charge in [0.15, 0.2) is 0 Å². The third-order valence-electron chi connectivity index (χ3n) is 4.05. The molecule has 0 aromatic carbocycles. The van der Waals surface area contributed by atoms with Gasteiger partial charge in [0.2, 0.25) is 0 Å². The molecule has 2 unspecified atom stereocenters. The molecular weight excluding hydrogens is 132 g/mol. The average Bonchev–Trinajstić information content (AvgIpc) is 2.67. The molecule has 0 aromatic rings. The summed E-state index contributed by atoms with van der Waals surface area (Å²) < 4.78 is 0. The first-order chi connectivity index (χ1) is 5.28. The predicted molar refractivity (Wildman–Crippen MR) is 48.5 cm³/mol. The van der Waals surface area contributed by atoms with Gasteiger partial charge >= 0.3 is 0 Å². The van der Waals surface area contributed by atoms with Gasteiger partial charge in [-0.25, -0.2) is 0 Å². The highest BCUT2D eigenvalue weighted by atomic mass is 14.6. The van der Waals surface area contributed by atoms with E-state index in [2.05, 4.69) is 13.8 Å². The van der Waals surface area contributed by atoms with E-state index in [1.807, 2.05) is 0 Å². The molecule has 64 valence electrons. The predicted octanol–water partition coefficient (Wildman–Crippen LogP) is 3.61. The lowest BCUT2D eigenvalue weighted by Gasteiger charge is -2.40. The summed E-state index contributed by atoms with van der Waals surface area (Å²) in [6.45, 7) is 4.79. The Kier molecular flexibility index (Phi) is 1.74. The summed E-state index contributed by atoms with van der Waals surface area (Å²) in [5.41, 5.74) is 0.867. The summed E-state index contributed by atoms with van der Waals surface area (Å²) in [5.74, 6) is 2.19. The molecule has 0 nitrogen and oxygen atoms in total. The van der Waals surface area contributed by atoms with Gasteiger partial charge in [-0.1, -0.05) is 26.7 Å². The molecule has 2 fully saturated rings. The third kappa shape index (κ3) is 1.11. The van der Waals surface area contributed by atoms with Gasteiger partial charge in [-0.05, 0) is 42.9 Å². The minimum atomic E-state index is 0.867. The van der Waals surface area contributed by atoms with Gasteiger partial charge < -0.3 is 0 Å². The summed E-state index contributed by atoms with van der Waals surface area (Å²) in [6, 6.07) is 0. The Morgan fingerprint density at radius 2 is 2.00 bits per heavy atom. The first kappa shape index (κ1) is 7.64. The van der Waals surface area contributed by atoms with Crippen molar-refractivity contribution in [3.8, 4) is 0 Å². The maximum atomic E-state index is 2.45. The van der Waals surface area contributed by atoms with E-state index in [0.717, 1.165) is 17.3 Å². The summed E-state index contributed by atoms with van der Waals surface area (Å²) in [6.07, 6.45) is 9.08. The molecule has 2 atom stereocenters. The van der Waals surface area contributed by atoms with E-state index in [9.17, 15) is 0 Å². The smallest absolute Gasteiger partial charge is 0.0266 e. The molecule has 0 bridgehead atoms. The fraction of sp³-hybridized carbons (Fsp3) is 1.00. The molecule has 0 aromatic heterocycles. The van der Waals surface area contributed by atoms with Crippen molar-refractivity contribution in [2.24, 2.45) is 17.3 Å². The molecule has 0 aliphatic heterocycles. The fourth-order valence-corrected chi connectivity index (χ4v) is 3.04. The Hall–Kier alpha value is 0. The summed E-state index contributed by atoms with van der Waals surface area (Å²) in [4.78, 5) is 0. The Morgan fingerprint density at radius 3 is 2.27 bits per heavy atom. The van der Waals surface area contributed by atoms with Gasteiger partial charge in [0.25, 0.3) is 0 Å². The standard InChI is InChI=1S/C11H20/c1-3-6-11(7-8-11)10-5-4-9(10)2/h9-10H,3-8H2,1-2H3. The lowest BCUT2D eigenvalue weighted by Crippen LogP contribution is -2.31. The minimum absolute atomic E-state index is 0.867. The van der Waals surface area contributed by atoms with Crippen LogP contribution in [0.25, 0.3) is 0 Å². The fourth-order valence-electron chi connectivity index (χ4n) is 3.04. The molecule has 0 heterocycles. The minimum Gasteiger partial charge on any atom is -0.0654 e. The Balaban J connectivity index is 1.92. The average molecular weight is 152 g/mol. The zero-order chi connectivity index (χ0) is 7.90. The van der Waals surface area contributed by atoms with Crippen LogP contribution < -0.4 is 0 Å². The van der Waals surface area contributed by atoms with Gasteiger partial charge in [0.05, 0.1) is 0 Å². The molecule has 0 heteroatoms. The van der Waals surface area contributed by atoms with Gasteiger partial charge in [-0.3, -0.25) is 0 Å². The SMILES string of the molecule is CCCC1(C2CCC2C)CC1. The van der Waals surface area contributed by atoms with E-state index in [0.29, 0.717) is 0 Å². The maximum absolute atomic E-state index is 2.45. The van der Waals surface area contributed by atoms with Gasteiger partial charge in [0, 0.05) is 0 Å². The third-order valence-corrected chi connectivity index (χ3v) is 4.05. The summed E-state index contributed by atoms with van der Waals surface area (Å²) in [7, 11) is 0. The van der Waals surface area contributed by atoms with E-state index in [1.54, 1.807) is 19.3 Å². The topological polar surface area (TPSA) is 0 Å². The van der Waals surface area contributed by atoms with Crippen molar-refractivity contribution in [1.29, 1.82) is 0 Å². The van der Waals surface area contributed by atoms with Crippen LogP contribution in [-0.4, -0.2) is 0 Å². The van der Waals surface area contributed by atoms with Crippen molar-refractivity contribution in [2.75, 3.05) is 0 Å². The lowest BCUT2D eigenvalue weighted by molar-refractivity contribution is 0.0946. The van der Waals surface area contributed by atoms with Crippen LogP contribution in [-0.2, 0) is 0 Å². The highest BCUT2D eigenvalue weighted by Crippen LogP contribution is 2.62. The first-order valence-corrected chi connectivity index (χ1v) is 5.28. The van der Waals surface area contributed by atoms with Crippen molar-refractivity contribution in [3.05, 3.63) is 0 Å². The Bertz CT molecular complexity index is 144. The molecular formula is C11H20. The quantitative estimate of drug-likeness (QED) is 0.579. The molecule has 2 aliphatic rings. The van der Waals surface area contributed by atoms with Crippen molar-refractivity contribution in [1.82, 2.24) is 0 Å². The molecule has 0 saturated heterocycles.